The van der Waals surface area contributed by atoms with Crippen molar-refractivity contribution in [1.82, 2.24) is 4.90 Å². The second-order valence-electron chi connectivity index (χ2n) is 6.39. The van der Waals surface area contributed by atoms with Gasteiger partial charge in [-0.1, -0.05) is 0 Å². The quantitative estimate of drug-likeness (QED) is 0.671. The highest BCUT2D eigenvalue weighted by molar-refractivity contribution is 6.04. The van der Waals surface area contributed by atoms with Gasteiger partial charge in [0, 0.05) is 49.5 Å². The third-order valence-corrected chi connectivity index (χ3v) is 4.71. The van der Waals surface area contributed by atoms with Gasteiger partial charge in [-0.15, -0.1) is 0 Å². The first-order valence-corrected chi connectivity index (χ1v) is 8.52. The average Bonchev–Trinajstić information content (AvgIpc) is 2.63. The summed E-state index contributed by atoms with van der Waals surface area (Å²) in [5.74, 6) is 0.277. The number of carbonyl (C=O) groups excluding carboxylic acids is 2. The maximum Gasteiger partial charge on any atom is 0.254 e. The Kier molecular flexibility index (Phi) is 5.48. The molecule has 0 spiro atoms. The zero-order valence-electron chi connectivity index (χ0n) is 13.8. The minimum absolute atomic E-state index is 0.0102. The van der Waals surface area contributed by atoms with Crippen molar-refractivity contribution in [1.29, 1.82) is 0 Å². The number of carbonyl (C=O) groups is 2. The minimum atomic E-state index is -0.0709. The smallest absolute Gasteiger partial charge is 0.254 e. The summed E-state index contributed by atoms with van der Waals surface area (Å²) in [5.41, 5.74) is 7.39. The van der Waals surface area contributed by atoms with Crippen LogP contribution in [0.25, 0.3) is 0 Å². The van der Waals surface area contributed by atoms with Crippen molar-refractivity contribution in [3.05, 3.63) is 29.3 Å². The van der Waals surface area contributed by atoms with Crippen LogP contribution in [0.4, 0.5) is 5.69 Å². The summed E-state index contributed by atoms with van der Waals surface area (Å²) in [6, 6.07) is 5.00. The number of rotatable bonds is 4. The van der Waals surface area contributed by atoms with E-state index in [0.29, 0.717) is 68.7 Å². The zero-order valence-corrected chi connectivity index (χ0v) is 13.8. The van der Waals surface area contributed by atoms with Crippen LogP contribution >= 0.6 is 0 Å². The number of nitrogens with two attached hydrogens (primary N) is 1. The van der Waals surface area contributed by atoms with Crippen LogP contribution in [0.2, 0.25) is 0 Å². The molecule has 0 aromatic heterocycles. The van der Waals surface area contributed by atoms with E-state index in [0.717, 1.165) is 12.8 Å². The van der Waals surface area contributed by atoms with Gasteiger partial charge < -0.3 is 20.1 Å². The lowest BCUT2D eigenvalue weighted by Crippen LogP contribution is -2.40. The Hall–Kier alpha value is -1.92. The Morgan fingerprint density at radius 2 is 1.75 bits per heavy atom. The lowest BCUT2D eigenvalue weighted by atomic mass is 9.91. The van der Waals surface area contributed by atoms with E-state index in [1.54, 1.807) is 23.1 Å². The highest BCUT2D eigenvalue weighted by Gasteiger charge is 2.23. The fraction of sp³-hybridized carbons (Fsp3) is 0.556. The van der Waals surface area contributed by atoms with Crippen LogP contribution in [-0.2, 0) is 9.47 Å². The number of ether oxygens (including phenoxy) is 2. The SMILES string of the molecule is Nc1ccc(C(=O)N2CCOCC2)cc1C(=O)CC1CCOCC1. The van der Waals surface area contributed by atoms with Crippen LogP contribution in [0.15, 0.2) is 18.2 Å². The van der Waals surface area contributed by atoms with Crippen LogP contribution in [0.1, 0.15) is 40.0 Å². The Balaban J connectivity index is 1.72. The zero-order chi connectivity index (χ0) is 16.9. The minimum Gasteiger partial charge on any atom is -0.398 e. The molecule has 3 rings (SSSR count). The first kappa shape index (κ1) is 16.9. The van der Waals surface area contributed by atoms with E-state index in [1.807, 2.05) is 0 Å². The summed E-state index contributed by atoms with van der Waals surface area (Å²) in [5, 5.41) is 0. The second kappa shape index (κ2) is 7.77. The maximum atomic E-state index is 12.6. The summed E-state index contributed by atoms with van der Waals surface area (Å²) in [6.07, 6.45) is 2.26. The van der Waals surface area contributed by atoms with Crippen LogP contribution in [0, 0.1) is 5.92 Å². The largest absolute Gasteiger partial charge is 0.398 e. The molecular weight excluding hydrogens is 308 g/mol. The third-order valence-electron chi connectivity index (χ3n) is 4.71. The molecular formula is C18H24N2O4. The number of ketones is 1. The Labute approximate surface area is 141 Å². The molecule has 130 valence electrons. The third kappa shape index (κ3) is 3.94. The van der Waals surface area contributed by atoms with E-state index in [1.165, 1.54) is 0 Å². The monoisotopic (exact) mass is 332 g/mol. The van der Waals surface area contributed by atoms with Crippen molar-refractivity contribution < 1.29 is 19.1 Å². The van der Waals surface area contributed by atoms with E-state index in [9.17, 15) is 9.59 Å². The van der Waals surface area contributed by atoms with Gasteiger partial charge in [0.15, 0.2) is 5.78 Å². The molecule has 0 atom stereocenters. The van der Waals surface area contributed by atoms with Gasteiger partial charge in [-0.2, -0.15) is 0 Å². The van der Waals surface area contributed by atoms with E-state index < -0.39 is 0 Å². The van der Waals surface area contributed by atoms with Gasteiger partial charge in [0.1, 0.15) is 0 Å². The van der Waals surface area contributed by atoms with Crippen LogP contribution in [0.5, 0.6) is 0 Å². The number of hydrogen-bond donors (Lipinski definition) is 1. The summed E-state index contributed by atoms with van der Waals surface area (Å²) >= 11 is 0. The molecule has 1 amide bonds. The number of amides is 1. The molecule has 0 aliphatic carbocycles. The summed E-state index contributed by atoms with van der Waals surface area (Å²) < 4.78 is 10.6. The number of benzene rings is 1. The van der Waals surface area contributed by atoms with Crippen molar-refractivity contribution in [3.8, 4) is 0 Å². The van der Waals surface area contributed by atoms with Gasteiger partial charge in [-0.3, -0.25) is 9.59 Å². The summed E-state index contributed by atoms with van der Waals surface area (Å²) in [6.45, 7) is 3.68. The molecule has 2 aliphatic heterocycles. The maximum absolute atomic E-state index is 12.6. The number of anilines is 1. The first-order valence-electron chi connectivity index (χ1n) is 8.52. The molecule has 0 saturated carbocycles. The number of hydrogen-bond acceptors (Lipinski definition) is 5. The number of nitrogens with zero attached hydrogens (tertiary/aromatic N) is 1. The molecule has 2 fully saturated rings. The van der Waals surface area contributed by atoms with E-state index in [-0.39, 0.29) is 11.7 Å². The van der Waals surface area contributed by atoms with Crippen molar-refractivity contribution in [2.45, 2.75) is 19.3 Å². The molecule has 2 N–H and O–H groups in total. The Bertz CT molecular complexity index is 605. The van der Waals surface area contributed by atoms with Crippen molar-refractivity contribution in [2.24, 2.45) is 5.92 Å². The van der Waals surface area contributed by atoms with Crippen LogP contribution in [-0.4, -0.2) is 56.1 Å². The predicted molar refractivity (Wildman–Crippen MR) is 90.1 cm³/mol. The Morgan fingerprint density at radius 3 is 2.46 bits per heavy atom. The fourth-order valence-electron chi connectivity index (χ4n) is 3.20. The predicted octanol–water partition coefficient (Wildman–Crippen LogP) is 1.74. The number of nitrogen functional groups attached to an aromatic ring is 1. The molecule has 0 radical (unpaired) electrons. The molecule has 1 aromatic rings. The Morgan fingerprint density at radius 1 is 1.08 bits per heavy atom. The average molecular weight is 332 g/mol. The normalized spacial score (nSPS) is 19.2. The lowest BCUT2D eigenvalue weighted by molar-refractivity contribution is 0.0303. The number of Topliss-reactive ketones (excluding diaryl/α,β-unsaturated/α-hetero) is 1. The summed E-state index contributed by atoms with van der Waals surface area (Å²) in [4.78, 5) is 26.9. The molecule has 6 heteroatoms. The highest BCUT2D eigenvalue weighted by Crippen LogP contribution is 2.24. The molecule has 1 aromatic carbocycles. The molecule has 0 bridgehead atoms. The van der Waals surface area contributed by atoms with Gasteiger partial charge in [-0.25, -0.2) is 0 Å². The molecule has 24 heavy (non-hydrogen) atoms. The molecule has 6 nitrogen and oxygen atoms in total. The lowest BCUT2D eigenvalue weighted by Gasteiger charge is -2.27. The molecule has 2 aliphatic rings. The van der Waals surface area contributed by atoms with Crippen LogP contribution < -0.4 is 5.73 Å². The summed E-state index contributed by atoms with van der Waals surface area (Å²) in [7, 11) is 0. The van der Waals surface area contributed by atoms with E-state index >= 15 is 0 Å². The topological polar surface area (TPSA) is 81.9 Å². The van der Waals surface area contributed by atoms with Crippen LogP contribution in [0.3, 0.4) is 0 Å². The van der Waals surface area contributed by atoms with Gasteiger partial charge in [-0.05, 0) is 37.0 Å². The highest BCUT2D eigenvalue weighted by atomic mass is 16.5. The van der Waals surface area contributed by atoms with Gasteiger partial charge in [0.25, 0.3) is 5.91 Å². The van der Waals surface area contributed by atoms with E-state index in [2.05, 4.69) is 0 Å². The van der Waals surface area contributed by atoms with Gasteiger partial charge in [0.05, 0.1) is 13.2 Å². The van der Waals surface area contributed by atoms with Gasteiger partial charge >= 0.3 is 0 Å². The fourth-order valence-corrected chi connectivity index (χ4v) is 3.20. The molecule has 0 unspecified atom stereocenters. The van der Waals surface area contributed by atoms with Gasteiger partial charge in [0.2, 0.25) is 0 Å². The second-order valence-corrected chi connectivity index (χ2v) is 6.39. The van der Waals surface area contributed by atoms with Crippen molar-refractivity contribution in [3.63, 3.8) is 0 Å². The van der Waals surface area contributed by atoms with Crippen molar-refractivity contribution >= 4 is 17.4 Å². The van der Waals surface area contributed by atoms with E-state index in [4.69, 9.17) is 15.2 Å². The number of morpholine rings is 1. The standard InChI is InChI=1S/C18H24N2O4/c19-16-2-1-14(18(22)20-5-9-24-10-6-20)12-15(16)17(21)11-13-3-7-23-8-4-13/h1-2,12-13H,3-11,19H2. The van der Waals surface area contributed by atoms with Crippen molar-refractivity contribution in [2.75, 3.05) is 45.3 Å². The first-order chi connectivity index (χ1) is 11.6. The molecule has 2 saturated heterocycles. The molecule has 2 heterocycles.